The van der Waals surface area contributed by atoms with E-state index in [1.54, 1.807) is 0 Å². The molecule has 4 rings (SSSR count). The lowest BCUT2D eigenvalue weighted by atomic mass is 10.0. The summed E-state index contributed by atoms with van der Waals surface area (Å²) < 4.78 is 2.25. The van der Waals surface area contributed by atoms with Crippen LogP contribution in [0.15, 0.2) is 100.0 Å². The molecule has 0 N–H and O–H groups in total. The third-order valence-electron chi connectivity index (χ3n) is 5.50. The molecule has 0 amide bonds. The molecule has 0 saturated carbocycles. The van der Waals surface area contributed by atoms with Crippen molar-refractivity contribution in [2.75, 3.05) is 4.90 Å². The summed E-state index contributed by atoms with van der Waals surface area (Å²) in [6.07, 6.45) is 13.0. The lowest BCUT2D eigenvalue weighted by Crippen LogP contribution is -2.30. The molecule has 31 heavy (non-hydrogen) atoms. The van der Waals surface area contributed by atoms with E-state index in [0.29, 0.717) is 0 Å². The van der Waals surface area contributed by atoms with Crippen LogP contribution in [0.3, 0.4) is 0 Å². The number of anilines is 2. The number of aryl methyl sites for hydroxylation is 1. The van der Waals surface area contributed by atoms with Gasteiger partial charge in [-0.15, -0.1) is 0 Å². The first-order chi connectivity index (χ1) is 15.1. The third-order valence-corrected chi connectivity index (χ3v) is 6.61. The van der Waals surface area contributed by atoms with Crippen molar-refractivity contribution in [1.82, 2.24) is 0 Å². The Bertz CT molecular complexity index is 1090. The molecule has 0 aliphatic heterocycles. The fraction of sp³-hybridized carbons (Fsp3) is 0.143. The van der Waals surface area contributed by atoms with E-state index in [2.05, 4.69) is 147 Å². The summed E-state index contributed by atoms with van der Waals surface area (Å²) in [6, 6.07) is 26.4. The number of nitrogens with zero attached hydrogens (tertiary/aromatic N) is 1. The van der Waals surface area contributed by atoms with Crippen molar-refractivity contribution in [3.63, 3.8) is 0 Å². The zero-order chi connectivity index (χ0) is 21.6. The van der Waals surface area contributed by atoms with Crippen molar-refractivity contribution in [3.8, 4) is 0 Å². The number of benzene rings is 3. The molecule has 0 radical (unpaired) electrons. The van der Waals surface area contributed by atoms with Gasteiger partial charge >= 0.3 is 0 Å². The number of allylic oxidation sites excluding steroid dienone is 2. The highest BCUT2D eigenvalue weighted by Crippen LogP contribution is 2.33. The average Bonchev–Trinajstić information content (AvgIpc) is 2.81. The third kappa shape index (κ3) is 5.66. The van der Waals surface area contributed by atoms with E-state index < -0.39 is 0 Å². The lowest BCUT2D eigenvalue weighted by molar-refractivity contribution is 0.784. The Balaban J connectivity index is 1.60. The zero-order valence-corrected chi connectivity index (χ0v) is 20.7. The van der Waals surface area contributed by atoms with Crippen LogP contribution in [-0.4, -0.2) is 6.04 Å². The van der Waals surface area contributed by atoms with Gasteiger partial charge in [0.1, 0.15) is 0 Å². The predicted octanol–water partition coefficient (Wildman–Crippen LogP) is 8.93. The number of hydrogen-bond acceptors (Lipinski definition) is 1. The summed E-state index contributed by atoms with van der Waals surface area (Å²) >= 11 is 7.08. The first-order valence-corrected chi connectivity index (χ1v) is 12.2. The van der Waals surface area contributed by atoms with Gasteiger partial charge in [-0.1, -0.05) is 106 Å². The van der Waals surface area contributed by atoms with Crippen LogP contribution in [0.25, 0.3) is 12.2 Å². The summed E-state index contributed by atoms with van der Waals surface area (Å²) in [5.41, 5.74) is 6.16. The van der Waals surface area contributed by atoms with Crippen LogP contribution in [0.5, 0.6) is 0 Å². The zero-order valence-electron chi connectivity index (χ0n) is 17.5. The molecule has 3 heteroatoms. The fourth-order valence-corrected chi connectivity index (χ4v) is 4.31. The molecule has 3 aromatic carbocycles. The van der Waals surface area contributed by atoms with Crippen LogP contribution < -0.4 is 4.90 Å². The van der Waals surface area contributed by atoms with E-state index in [-0.39, 0.29) is 6.04 Å². The first kappa shape index (κ1) is 21.9. The average molecular weight is 535 g/mol. The fourth-order valence-electron chi connectivity index (χ4n) is 3.71. The molecule has 0 spiro atoms. The number of halogens is 2. The quantitative estimate of drug-likeness (QED) is 0.285. The van der Waals surface area contributed by atoms with Crippen LogP contribution in [0.2, 0.25) is 0 Å². The van der Waals surface area contributed by atoms with E-state index >= 15 is 0 Å². The van der Waals surface area contributed by atoms with Gasteiger partial charge in [0.15, 0.2) is 0 Å². The van der Waals surface area contributed by atoms with E-state index in [1.807, 2.05) is 0 Å². The van der Waals surface area contributed by atoms with Gasteiger partial charge < -0.3 is 4.90 Å². The summed E-state index contributed by atoms with van der Waals surface area (Å²) in [7, 11) is 0. The second-order valence-corrected chi connectivity index (χ2v) is 9.45. The highest BCUT2D eigenvalue weighted by atomic mass is 79.9. The van der Waals surface area contributed by atoms with Crippen LogP contribution in [0, 0.1) is 0 Å². The van der Waals surface area contributed by atoms with Gasteiger partial charge in [0.2, 0.25) is 0 Å². The monoisotopic (exact) mass is 533 g/mol. The molecule has 0 bridgehead atoms. The van der Waals surface area contributed by atoms with E-state index in [0.717, 1.165) is 21.8 Å². The molecule has 1 aliphatic rings. The Morgan fingerprint density at radius 2 is 1.35 bits per heavy atom. The van der Waals surface area contributed by atoms with E-state index in [1.165, 1.54) is 28.1 Å². The Hall–Kier alpha value is -2.36. The molecule has 0 fully saturated rings. The molecule has 156 valence electrons. The Labute approximate surface area is 202 Å². The predicted molar refractivity (Wildman–Crippen MR) is 142 cm³/mol. The van der Waals surface area contributed by atoms with Crippen molar-refractivity contribution in [1.29, 1.82) is 0 Å². The van der Waals surface area contributed by atoms with Gasteiger partial charge in [0.25, 0.3) is 0 Å². The van der Waals surface area contributed by atoms with Crippen molar-refractivity contribution in [3.05, 3.63) is 117 Å². The summed E-state index contributed by atoms with van der Waals surface area (Å²) in [5, 5.41) is 0. The summed E-state index contributed by atoms with van der Waals surface area (Å²) in [5.74, 6) is 0. The second kappa shape index (κ2) is 10.3. The van der Waals surface area contributed by atoms with Crippen molar-refractivity contribution < 1.29 is 0 Å². The summed E-state index contributed by atoms with van der Waals surface area (Å²) in [6.45, 7) is 2.19. The normalized spacial score (nSPS) is 15.8. The van der Waals surface area contributed by atoms with Crippen LogP contribution in [0.1, 0.15) is 30.0 Å². The van der Waals surface area contributed by atoms with Gasteiger partial charge in [0, 0.05) is 20.3 Å². The maximum absolute atomic E-state index is 3.59. The molecule has 0 saturated heterocycles. The number of rotatable bonds is 6. The maximum atomic E-state index is 3.59. The van der Waals surface area contributed by atoms with Crippen molar-refractivity contribution >= 4 is 55.4 Å². The van der Waals surface area contributed by atoms with Crippen molar-refractivity contribution in [2.45, 2.75) is 25.8 Å². The first-order valence-electron chi connectivity index (χ1n) is 10.6. The second-order valence-electron chi connectivity index (χ2n) is 7.62. The topological polar surface area (TPSA) is 3.24 Å². The number of hydrogen-bond donors (Lipinski definition) is 0. The van der Waals surface area contributed by atoms with Gasteiger partial charge in [-0.25, -0.2) is 0 Å². The standard InChI is InChI=1S/C28H25Br2N/c1-2-21-7-15-26(16-8-21)31(28-19-13-25(30)14-20-28)27-17-9-23(10-18-27)4-3-22-5-11-24(29)12-6-22/h3-19,28H,2,20H2,1H3/b4-3+. The van der Waals surface area contributed by atoms with Crippen molar-refractivity contribution in [2.24, 2.45) is 0 Å². The molecular formula is C28H25Br2N. The molecule has 1 unspecified atom stereocenters. The van der Waals surface area contributed by atoms with Crippen LogP contribution in [0.4, 0.5) is 11.4 Å². The maximum Gasteiger partial charge on any atom is 0.0560 e. The molecule has 0 aromatic heterocycles. The smallest absolute Gasteiger partial charge is 0.0560 e. The Morgan fingerprint density at radius 3 is 1.87 bits per heavy atom. The molecule has 1 aliphatic carbocycles. The minimum absolute atomic E-state index is 0.290. The summed E-state index contributed by atoms with van der Waals surface area (Å²) in [4.78, 5) is 2.42. The highest BCUT2D eigenvalue weighted by Gasteiger charge is 2.19. The lowest BCUT2D eigenvalue weighted by Gasteiger charge is -2.33. The Morgan fingerprint density at radius 1 is 0.806 bits per heavy atom. The largest absolute Gasteiger partial charge is 0.334 e. The highest BCUT2D eigenvalue weighted by molar-refractivity contribution is 9.12. The van der Waals surface area contributed by atoms with Crippen LogP contribution >= 0.6 is 31.9 Å². The van der Waals surface area contributed by atoms with Gasteiger partial charge in [-0.2, -0.15) is 0 Å². The molecular weight excluding hydrogens is 510 g/mol. The minimum atomic E-state index is 0.290. The minimum Gasteiger partial charge on any atom is -0.334 e. The van der Waals surface area contributed by atoms with Gasteiger partial charge in [-0.3, -0.25) is 0 Å². The molecule has 1 atom stereocenters. The SMILES string of the molecule is CCc1ccc(N(c2ccc(/C=C/c3ccc(Br)cc3)cc2)C2C=CC(Br)=CC2)cc1. The van der Waals surface area contributed by atoms with Gasteiger partial charge in [-0.05, 0) is 65.9 Å². The Kier molecular flexibility index (Phi) is 7.26. The molecule has 3 aromatic rings. The molecule has 1 nitrogen and oxygen atoms in total. The van der Waals surface area contributed by atoms with E-state index in [4.69, 9.17) is 0 Å². The van der Waals surface area contributed by atoms with Gasteiger partial charge in [0.05, 0.1) is 6.04 Å². The van der Waals surface area contributed by atoms with E-state index in [9.17, 15) is 0 Å². The molecule has 0 heterocycles. The van der Waals surface area contributed by atoms with Crippen LogP contribution in [-0.2, 0) is 6.42 Å².